The SMILES string of the molecule is COc1ccc(-c2noc(CN3c4cccc5cccc(c45)S3(=O)=O)n2)cc1OC. The van der Waals surface area contributed by atoms with Crippen LogP contribution in [0.1, 0.15) is 5.89 Å². The minimum atomic E-state index is -3.70. The average Bonchev–Trinajstić information content (AvgIpc) is 3.32. The molecule has 1 aromatic heterocycles. The topological polar surface area (TPSA) is 94.8 Å². The van der Waals surface area contributed by atoms with Gasteiger partial charge >= 0.3 is 0 Å². The zero-order valence-corrected chi connectivity index (χ0v) is 17.0. The molecule has 0 N–H and O–H groups in total. The van der Waals surface area contributed by atoms with E-state index in [1.54, 1.807) is 50.6 Å². The van der Waals surface area contributed by atoms with Gasteiger partial charge in [-0.05, 0) is 35.7 Å². The Labute approximate surface area is 172 Å². The van der Waals surface area contributed by atoms with Gasteiger partial charge in [-0.1, -0.05) is 29.4 Å². The van der Waals surface area contributed by atoms with Crippen LogP contribution in [0.15, 0.2) is 64.0 Å². The number of hydrogen-bond acceptors (Lipinski definition) is 7. The van der Waals surface area contributed by atoms with Gasteiger partial charge in [-0.2, -0.15) is 4.98 Å². The van der Waals surface area contributed by atoms with Crippen LogP contribution in [0.3, 0.4) is 0 Å². The number of aromatic nitrogens is 2. The number of rotatable bonds is 5. The van der Waals surface area contributed by atoms with Crippen molar-refractivity contribution in [1.29, 1.82) is 0 Å². The van der Waals surface area contributed by atoms with E-state index in [-0.39, 0.29) is 17.3 Å². The second-order valence-electron chi connectivity index (χ2n) is 6.72. The fourth-order valence-electron chi connectivity index (χ4n) is 3.66. The van der Waals surface area contributed by atoms with Crippen LogP contribution in [0.2, 0.25) is 0 Å². The third-order valence-electron chi connectivity index (χ3n) is 5.07. The van der Waals surface area contributed by atoms with Gasteiger partial charge in [0.2, 0.25) is 11.7 Å². The fourth-order valence-corrected chi connectivity index (χ4v) is 5.32. The normalized spacial score (nSPS) is 14.3. The zero-order valence-electron chi connectivity index (χ0n) is 16.2. The molecule has 4 aromatic rings. The predicted molar refractivity (Wildman–Crippen MR) is 110 cm³/mol. The summed E-state index contributed by atoms with van der Waals surface area (Å²) in [6.45, 7) is -0.0591. The first-order valence-electron chi connectivity index (χ1n) is 9.12. The Hall–Kier alpha value is -3.59. The molecule has 0 aliphatic carbocycles. The first kappa shape index (κ1) is 18.4. The van der Waals surface area contributed by atoms with Crippen molar-refractivity contribution in [3.05, 3.63) is 60.5 Å². The van der Waals surface area contributed by atoms with Crippen molar-refractivity contribution in [2.45, 2.75) is 11.4 Å². The fraction of sp³-hybridized carbons (Fsp3) is 0.143. The second-order valence-corrected chi connectivity index (χ2v) is 8.56. The minimum absolute atomic E-state index is 0.0591. The van der Waals surface area contributed by atoms with Crippen LogP contribution in [0.4, 0.5) is 5.69 Å². The maximum absolute atomic E-state index is 13.1. The monoisotopic (exact) mass is 423 g/mol. The molecule has 5 rings (SSSR count). The van der Waals surface area contributed by atoms with Crippen LogP contribution in [-0.2, 0) is 16.6 Å². The van der Waals surface area contributed by atoms with Crippen molar-refractivity contribution in [2.75, 3.05) is 18.5 Å². The average molecular weight is 423 g/mol. The van der Waals surface area contributed by atoms with Gasteiger partial charge in [0, 0.05) is 10.9 Å². The summed E-state index contributed by atoms with van der Waals surface area (Å²) in [7, 11) is -0.607. The summed E-state index contributed by atoms with van der Waals surface area (Å²) >= 11 is 0. The van der Waals surface area contributed by atoms with Crippen molar-refractivity contribution in [3.8, 4) is 22.9 Å². The van der Waals surface area contributed by atoms with Crippen molar-refractivity contribution in [3.63, 3.8) is 0 Å². The molecule has 1 aliphatic heterocycles. The second kappa shape index (κ2) is 6.74. The molecule has 2 heterocycles. The lowest BCUT2D eigenvalue weighted by molar-refractivity contribution is 0.355. The summed E-state index contributed by atoms with van der Waals surface area (Å²) in [5.74, 6) is 1.64. The quantitative estimate of drug-likeness (QED) is 0.484. The Bertz CT molecular complexity index is 1380. The molecule has 152 valence electrons. The van der Waals surface area contributed by atoms with Crippen LogP contribution < -0.4 is 13.8 Å². The molecular formula is C21H17N3O5S. The van der Waals surface area contributed by atoms with Gasteiger partial charge in [-0.15, -0.1) is 0 Å². The van der Waals surface area contributed by atoms with Crippen molar-refractivity contribution >= 4 is 26.5 Å². The van der Waals surface area contributed by atoms with E-state index in [4.69, 9.17) is 14.0 Å². The van der Waals surface area contributed by atoms with Crippen LogP contribution in [-0.4, -0.2) is 32.8 Å². The van der Waals surface area contributed by atoms with Crippen LogP contribution >= 0.6 is 0 Å². The standard InChI is InChI=1S/C21H17N3O5S/c1-27-16-10-9-14(11-17(16)28-2)21-22-19(29-23-21)12-24-15-7-3-5-13-6-4-8-18(20(13)15)30(24,25)26/h3-11H,12H2,1-2H3. The Balaban J connectivity index is 1.50. The number of sulfonamides is 1. The maximum atomic E-state index is 13.1. The van der Waals surface area contributed by atoms with Crippen LogP contribution in [0.25, 0.3) is 22.2 Å². The summed E-state index contributed by atoms with van der Waals surface area (Å²) in [5.41, 5.74) is 1.27. The highest BCUT2D eigenvalue weighted by Crippen LogP contribution is 2.42. The van der Waals surface area contributed by atoms with Gasteiger partial charge in [-0.25, -0.2) is 8.42 Å². The van der Waals surface area contributed by atoms with E-state index in [0.717, 1.165) is 5.39 Å². The number of nitrogens with zero attached hydrogens (tertiary/aromatic N) is 3. The molecule has 0 unspecified atom stereocenters. The van der Waals surface area contributed by atoms with Crippen molar-refractivity contribution in [1.82, 2.24) is 10.1 Å². The third-order valence-corrected chi connectivity index (χ3v) is 6.87. The Morgan fingerprint density at radius 2 is 1.77 bits per heavy atom. The van der Waals surface area contributed by atoms with Gasteiger partial charge in [0.05, 0.1) is 24.8 Å². The molecule has 0 saturated carbocycles. The highest BCUT2D eigenvalue weighted by Gasteiger charge is 2.36. The van der Waals surface area contributed by atoms with Gasteiger partial charge in [-0.3, -0.25) is 4.31 Å². The van der Waals surface area contributed by atoms with Gasteiger partial charge in [0.15, 0.2) is 11.5 Å². The van der Waals surface area contributed by atoms with E-state index in [1.807, 2.05) is 18.2 Å². The molecule has 0 bridgehead atoms. The predicted octanol–water partition coefficient (Wildman–Crippen LogP) is 3.62. The van der Waals surface area contributed by atoms with Gasteiger partial charge in [0.25, 0.3) is 10.0 Å². The number of methoxy groups -OCH3 is 2. The summed E-state index contributed by atoms with van der Waals surface area (Å²) in [6.07, 6.45) is 0. The lowest BCUT2D eigenvalue weighted by Gasteiger charge is -2.16. The number of hydrogen-bond donors (Lipinski definition) is 0. The van der Waals surface area contributed by atoms with Crippen molar-refractivity contribution in [2.24, 2.45) is 0 Å². The van der Waals surface area contributed by atoms with Crippen LogP contribution in [0, 0.1) is 0 Å². The van der Waals surface area contributed by atoms with E-state index < -0.39 is 10.0 Å². The van der Waals surface area contributed by atoms with Crippen molar-refractivity contribution < 1.29 is 22.4 Å². The zero-order chi connectivity index (χ0) is 20.9. The summed E-state index contributed by atoms with van der Waals surface area (Å²) < 4.78 is 43.4. The Morgan fingerprint density at radius 1 is 1.00 bits per heavy atom. The first-order chi connectivity index (χ1) is 14.5. The first-order valence-corrected chi connectivity index (χ1v) is 10.6. The molecule has 30 heavy (non-hydrogen) atoms. The Morgan fingerprint density at radius 3 is 2.53 bits per heavy atom. The summed E-state index contributed by atoms with van der Waals surface area (Å²) in [6, 6.07) is 16.0. The van der Waals surface area contributed by atoms with Gasteiger partial charge < -0.3 is 14.0 Å². The molecule has 0 radical (unpaired) electrons. The van der Waals surface area contributed by atoms with Crippen LogP contribution in [0.5, 0.6) is 11.5 Å². The minimum Gasteiger partial charge on any atom is -0.493 e. The molecule has 0 spiro atoms. The molecule has 9 heteroatoms. The summed E-state index contributed by atoms with van der Waals surface area (Å²) in [4.78, 5) is 4.67. The molecule has 8 nitrogen and oxygen atoms in total. The van der Waals surface area contributed by atoms with Gasteiger partial charge in [0.1, 0.15) is 6.54 Å². The largest absolute Gasteiger partial charge is 0.493 e. The lowest BCUT2D eigenvalue weighted by atomic mass is 10.1. The molecule has 3 aromatic carbocycles. The molecule has 0 saturated heterocycles. The highest BCUT2D eigenvalue weighted by molar-refractivity contribution is 7.93. The van der Waals surface area contributed by atoms with E-state index in [9.17, 15) is 8.42 Å². The van der Waals surface area contributed by atoms with E-state index in [1.165, 1.54) is 4.31 Å². The smallest absolute Gasteiger partial charge is 0.265 e. The van der Waals surface area contributed by atoms with E-state index in [2.05, 4.69) is 10.1 Å². The van der Waals surface area contributed by atoms with E-state index >= 15 is 0 Å². The molecule has 0 atom stereocenters. The van der Waals surface area contributed by atoms with E-state index in [0.29, 0.717) is 34.0 Å². The molecule has 0 amide bonds. The maximum Gasteiger partial charge on any atom is 0.265 e. The number of benzene rings is 3. The highest BCUT2D eigenvalue weighted by atomic mass is 32.2. The summed E-state index contributed by atoms with van der Waals surface area (Å²) in [5, 5.41) is 5.58. The molecule has 1 aliphatic rings. The molecular weight excluding hydrogens is 406 g/mol. The number of anilines is 1. The number of ether oxygens (including phenoxy) is 2. The third kappa shape index (κ3) is 2.70. The Kier molecular flexibility index (Phi) is 4.14. The molecule has 0 fully saturated rings. The lowest BCUT2D eigenvalue weighted by Crippen LogP contribution is -2.26.